The Bertz CT molecular complexity index is 1160. The molecular formula is C23H29N5O3S2. The Morgan fingerprint density at radius 3 is 2.33 bits per heavy atom. The van der Waals surface area contributed by atoms with Gasteiger partial charge in [0.25, 0.3) is 16.1 Å². The molecule has 3 heterocycles. The van der Waals surface area contributed by atoms with Crippen molar-refractivity contribution >= 4 is 27.5 Å². The zero-order valence-corrected chi connectivity index (χ0v) is 20.6. The average Bonchev–Trinajstić information content (AvgIpc) is 3.50. The van der Waals surface area contributed by atoms with Crippen LogP contribution in [0.25, 0.3) is 10.6 Å². The highest BCUT2D eigenvalue weighted by Crippen LogP contribution is 2.28. The summed E-state index contributed by atoms with van der Waals surface area (Å²) in [6.45, 7) is 6.39. The van der Waals surface area contributed by atoms with Crippen LogP contribution in [0.4, 0.5) is 0 Å². The first-order valence-electron chi connectivity index (χ1n) is 11.1. The third-order valence-corrected chi connectivity index (χ3v) is 8.88. The van der Waals surface area contributed by atoms with Gasteiger partial charge in [0, 0.05) is 45.5 Å². The smallest absolute Gasteiger partial charge is 0.282 e. The Hall–Kier alpha value is -2.53. The van der Waals surface area contributed by atoms with Crippen molar-refractivity contribution in [1.82, 2.24) is 23.3 Å². The highest BCUT2D eigenvalue weighted by molar-refractivity contribution is 7.86. The molecule has 3 aromatic rings. The Balaban J connectivity index is 1.53. The van der Waals surface area contributed by atoms with Crippen LogP contribution >= 0.6 is 11.3 Å². The molecule has 1 aliphatic heterocycles. The van der Waals surface area contributed by atoms with Gasteiger partial charge in [-0.25, -0.2) is 0 Å². The van der Waals surface area contributed by atoms with Crippen LogP contribution in [-0.2, 0) is 16.8 Å². The monoisotopic (exact) mass is 487 g/mol. The molecule has 8 nitrogen and oxygen atoms in total. The van der Waals surface area contributed by atoms with Crippen LogP contribution in [0.5, 0.6) is 0 Å². The van der Waals surface area contributed by atoms with Gasteiger partial charge in [-0.1, -0.05) is 50.2 Å². The Labute approximate surface area is 199 Å². The quantitative estimate of drug-likeness (QED) is 0.489. The van der Waals surface area contributed by atoms with Gasteiger partial charge in [-0.2, -0.15) is 22.1 Å². The second kappa shape index (κ2) is 10.2. The first-order valence-corrected chi connectivity index (χ1v) is 13.4. The highest BCUT2D eigenvalue weighted by Gasteiger charge is 2.33. The van der Waals surface area contributed by atoms with Gasteiger partial charge in [0.05, 0.1) is 17.0 Å². The van der Waals surface area contributed by atoms with Crippen LogP contribution in [0.2, 0.25) is 0 Å². The van der Waals surface area contributed by atoms with Crippen LogP contribution in [0, 0.1) is 0 Å². The Morgan fingerprint density at radius 2 is 1.73 bits per heavy atom. The molecule has 4 rings (SSSR count). The maximum atomic E-state index is 13.5. The molecule has 0 saturated carbocycles. The normalized spacial score (nSPS) is 15.3. The topological polar surface area (TPSA) is 78.8 Å². The molecule has 33 heavy (non-hydrogen) atoms. The molecule has 1 aliphatic rings. The Kier molecular flexibility index (Phi) is 7.28. The zero-order valence-electron chi connectivity index (χ0n) is 18.9. The molecule has 176 valence electrons. The van der Waals surface area contributed by atoms with E-state index in [2.05, 4.69) is 0 Å². The van der Waals surface area contributed by atoms with E-state index in [-0.39, 0.29) is 19.0 Å². The lowest BCUT2D eigenvalue weighted by Gasteiger charge is -2.36. The van der Waals surface area contributed by atoms with Crippen LogP contribution in [0.3, 0.4) is 0 Å². The van der Waals surface area contributed by atoms with Crippen molar-refractivity contribution in [2.24, 2.45) is 0 Å². The maximum absolute atomic E-state index is 13.5. The summed E-state index contributed by atoms with van der Waals surface area (Å²) in [7, 11) is -3.50. The lowest BCUT2D eigenvalue weighted by molar-refractivity contribution is 0.0695. The summed E-state index contributed by atoms with van der Waals surface area (Å²) in [5.41, 5.74) is 2.32. The second-order valence-electron chi connectivity index (χ2n) is 7.84. The van der Waals surface area contributed by atoms with Crippen LogP contribution in [-0.4, -0.2) is 76.9 Å². The summed E-state index contributed by atoms with van der Waals surface area (Å²) in [5.74, 6) is -0.113. The number of amides is 1. The van der Waals surface area contributed by atoms with Gasteiger partial charge in [-0.05, 0) is 17.0 Å². The van der Waals surface area contributed by atoms with E-state index in [1.807, 2.05) is 67.9 Å². The molecule has 10 heteroatoms. The van der Waals surface area contributed by atoms with E-state index in [9.17, 15) is 13.2 Å². The summed E-state index contributed by atoms with van der Waals surface area (Å²) in [6, 6.07) is 13.9. The van der Waals surface area contributed by atoms with E-state index in [4.69, 9.17) is 5.10 Å². The summed E-state index contributed by atoms with van der Waals surface area (Å²) in [4.78, 5) is 16.2. The molecule has 2 aromatic heterocycles. The minimum atomic E-state index is -3.50. The SMILES string of the molecule is CCN(CC)S(=O)(=O)N1CCN(C(=O)c2cn(Cc3ccccc3)nc2-c2cccs2)CC1. The van der Waals surface area contributed by atoms with Gasteiger partial charge in [-0.3, -0.25) is 9.48 Å². The van der Waals surface area contributed by atoms with Crippen LogP contribution < -0.4 is 0 Å². The predicted molar refractivity (Wildman–Crippen MR) is 130 cm³/mol. The van der Waals surface area contributed by atoms with Crippen LogP contribution in [0.15, 0.2) is 54.0 Å². The molecule has 0 spiro atoms. The van der Waals surface area contributed by atoms with E-state index >= 15 is 0 Å². The molecule has 0 radical (unpaired) electrons. The minimum absolute atomic E-state index is 0.113. The largest absolute Gasteiger partial charge is 0.336 e. The molecule has 0 unspecified atom stereocenters. The van der Waals surface area contributed by atoms with Gasteiger partial charge < -0.3 is 4.90 Å². The zero-order chi connectivity index (χ0) is 23.4. The number of aromatic nitrogens is 2. The standard InChI is InChI=1S/C23H29N5O3S2/c1-3-27(4-2)33(30,31)28-14-12-25(13-15-28)23(29)20-18-26(17-19-9-6-5-7-10-19)24-22(20)21-11-8-16-32-21/h5-11,16,18H,3-4,12-15,17H2,1-2H3. The van der Waals surface area contributed by atoms with Gasteiger partial charge in [0.15, 0.2) is 0 Å². The fourth-order valence-corrected chi connectivity index (χ4v) is 6.36. The molecule has 1 aromatic carbocycles. The van der Waals surface area contributed by atoms with E-state index in [1.165, 1.54) is 8.61 Å². The molecular weight excluding hydrogens is 458 g/mol. The third kappa shape index (κ3) is 5.03. The second-order valence-corrected chi connectivity index (χ2v) is 10.7. The van der Waals surface area contributed by atoms with Crippen molar-refractivity contribution in [2.45, 2.75) is 20.4 Å². The van der Waals surface area contributed by atoms with Crippen molar-refractivity contribution in [3.05, 3.63) is 65.2 Å². The van der Waals surface area contributed by atoms with Gasteiger partial charge in [-0.15, -0.1) is 11.3 Å². The number of carbonyl (C=O) groups excluding carboxylic acids is 1. The summed E-state index contributed by atoms with van der Waals surface area (Å²) in [5, 5.41) is 6.70. The van der Waals surface area contributed by atoms with Gasteiger partial charge in [0.2, 0.25) is 0 Å². The molecule has 1 saturated heterocycles. The number of hydrogen-bond donors (Lipinski definition) is 0. The number of rotatable bonds is 8. The first kappa shape index (κ1) is 23.6. The van der Waals surface area contributed by atoms with Crippen LogP contribution in [0.1, 0.15) is 29.8 Å². The lowest BCUT2D eigenvalue weighted by Crippen LogP contribution is -2.54. The number of nitrogens with zero attached hydrogens (tertiary/aromatic N) is 5. The average molecular weight is 488 g/mol. The lowest BCUT2D eigenvalue weighted by atomic mass is 10.2. The first-order chi connectivity index (χ1) is 15.9. The summed E-state index contributed by atoms with van der Waals surface area (Å²) in [6.07, 6.45) is 1.81. The van der Waals surface area contributed by atoms with E-state index < -0.39 is 10.2 Å². The third-order valence-electron chi connectivity index (χ3n) is 5.82. The number of carbonyl (C=O) groups is 1. The molecule has 1 fully saturated rings. The van der Waals surface area contributed by atoms with Crippen molar-refractivity contribution in [2.75, 3.05) is 39.3 Å². The van der Waals surface area contributed by atoms with Gasteiger partial charge in [0.1, 0.15) is 5.69 Å². The maximum Gasteiger partial charge on any atom is 0.282 e. The van der Waals surface area contributed by atoms with Crippen molar-refractivity contribution in [3.63, 3.8) is 0 Å². The number of benzene rings is 1. The molecule has 0 bridgehead atoms. The van der Waals surface area contributed by atoms with E-state index in [0.717, 1.165) is 10.4 Å². The molecule has 0 aliphatic carbocycles. The van der Waals surface area contributed by atoms with E-state index in [0.29, 0.717) is 44.0 Å². The Morgan fingerprint density at radius 1 is 1.03 bits per heavy atom. The fraction of sp³-hybridized carbons (Fsp3) is 0.391. The van der Waals surface area contributed by atoms with E-state index in [1.54, 1.807) is 20.9 Å². The molecule has 0 N–H and O–H groups in total. The summed E-state index contributed by atoms with van der Waals surface area (Å²) >= 11 is 1.55. The predicted octanol–water partition coefficient (Wildman–Crippen LogP) is 3.00. The summed E-state index contributed by atoms with van der Waals surface area (Å²) < 4.78 is 30.4. The fourth-order valence-electron chi connectivity index (χ4n) is 4.03. The van der Waals surface area contributed by atoms with Crippen molar-refractivity contribution < 1.29 is 13.2 Å². The van der Waals surface area contributed by atoms with Crippen molar-refractivity contribution in [1.29, 1.82) is 0 Å². The number of hydrogen-bond acceptors (Lipinski definition) is 5. The highest BCUT2D eigenvalue weighted by atomic mass is 32.2. The minimum Gasteiger partial charge on any atom is -0.336 e. The molecule has 0 atom stereocenters. The van der Waals surface area contributed by atoms with Crippen molar-refractivity contribution in [3.8, 4) is 10.6 Å². The number of thiophene rings is 1. The van der Waals surface area contributed by atoms with Gasteiger partial charge >= 0.3 is 0 Å². The molecule has 1 amide bonds. The number of piperazine rings is 1.